The van der Waals surface area contributed by atoms with Gasteiger partial charge in [-0.1, -0.05) is 0 Å². The van der Waals surface area contributed by atoms with E-state index in [4.69, 9.17) is 5.73 Å². The van der Waals surface area contributed by atoms with Crippen LogP contribution in [-0.4, -0.2) is 30.4 Å². The van der Waals surface area contributed by atoms with Crippen molar-refractivity contribution in [1.82, 2.24) is 4.90 Å². The summed E-state index contributed by atoms with van der Waals surface area (Å²) in [6.07, 6.45) is 0.924. The van der Waals surface area contributed by atoms with E-state index in [1.807, 2.05) is 14.0 Å². The molecule has 0 aliphatic carbocycles. The fraction of sp³-hybridized carbons (Fsp3) is 0.857. The molecular weight excluding hydrogens is 128 g/mol. The van der Waals surface area contributed by atoms with Crippen molar-refractivity contribution in [3.05, 3.63) is 0 Å². The van der Waals surface area contributed by atoms with Gasteiger partial charge in [0.2, 0.25) is 5.91 Å². The van der Waals surface area contributed by atoms with Gasteiger partial charge in [-0.15, -0.1) is 0 Å². The van der Waals surface area contributed by atoms with Crippen molar-refractivity contribution in [2.24, 2.45) is 11.7 Å². The lowest BCUT2D eigenvalue weighted by molar-refractivity contribution is -0.122. The van der Waals surface area contributed by atoms with E-state index in [9.17, 15) is 4.79 Å². The number of primary amides is 1. The zero-order valence-corrected chi connectivity index (χ0v) is 6.50. The maximum absolute atomic E-state index is 10.8. The summed E-state index contributed by atoms with van der Waals surface area (Å²) in [6.45, 7) is 3.04. The number of nitrogens with zero attached hydrogens (tertiary/aromatic N) is 1. The Balaban J connectivity index is 2.57. The first-order valence-corrected chi connectivity index (χ1v) is 3.62. The zero-order valence-electron chi connectivity index (χ0n) is 6.50. The molecule has 1 amide bonds. The maximum Gasteiger partial charge on any atom is 0.222 e. The molecule has 58 valence electrons. The van der Waals surface area contributed by atoms with E-state index in [0.717, 1.165) is 13.0 Å². The molecule has 2 unspecified atom stereocenters. The van der Waals surface area contributed by atoms with Gasteiger partial charge in [-0.3, -0.25) is 4.79 Å². The Hall–Kier alpha value is -0.570. The molecule has 1 fully saturated rings. The Morgan fingerprint density at radius 3 is 2.50 bits per heavy atom. The summed E-state index contributed by atoms with van der Waals surface area (Å²) in [6, 6.07) is 0.331. The van der Waals surface area contributed by atoms with E-state index in [2.05, 4.69) is 4.90 Å². The van der Waals surface area contributed by atoms with Crippen LogP contribution < -0.4 is 5.73 Å². The van der Waals surface area contributed by atoms with Crippen LogP contribution in [0, 0.1) is 5.92 Å². The first kappa shape index (κ1) is 7.54. The van der Waals surface area contributed by atoms with Gasteiger partial charge in [-0.2, -0.15) is 0 Å². The van der Waals surface area contributed by atoms with Crippen LogP contribution in [0.4, 0.5) is 0 Å². The fourth-order valence-electron chi connectivity index (χ4n) is 1.47. The Labute approximate surface area is 61.2 Å². The lowest BCUT2D eigenvalue weighted by Gasteiger charge is -2.17. The Kier molecular flexibility index (Phi) is 1.94. The first-order valence-electron chi connectivity index (χ1n) is 3.62. The highest BCUT2D eigenvalue weighted by Crippen LogP contribution is 2.21. The molecule has 10 heavy (non-hydrogen) atoms. The number of hydrogen-bond donors (Lipinski definition) is 1. The highest BCUT2D eigenvalue weighted by molar-refractivity contribution is 5.77. The molecule has 1 heterocycles. The minimum absolute atomic E-state index is 0.0741. The fourth-order valence-corrected chi connectivity index (χ4v) is 1.47. The van der Waals surface area contributed by atoms with E-state index in [1.165, 1.54) is 0 Å². The van der Waals surface area contributed by atoms with Crippen LogP contribution in [0.5, 0.6) is 0 Å². The smallest absolute Gasteiger partial charge is 0.222 e. The quantitative estimate of drug-likeness (QED) is 0.551. The monoisotopic (exact) mass is 142 g/mol. The molecule has 2 atom stereocenters. The predicted molar refractivity (Wildman–Crippen MR) is 39.4 cm³/mol. The molecule has 1 rings (SSSR count). The SMILES string of the molecule is CC1C(C(N)=O)CCN1C. The molecule has 1 aliphatic rings. The molecule has 2 N–H and O–H groups in total. The van der Waals surface area contributed by atoms with E-state index in [1.54, 1.807) is 0 Å². The third kappa shape index (κ3) is 1.14. The summed E-state index contributed by atoms with van der Waals surface area (Å²) >= 11 is 0. The second kappa shape index (κ2) is 2.58. The summed E-state index contributed by atoms with van der Waals surface area (Å²) in [5, 5.41) is 0. The molecule has 0 saturated carbocycles. The van der Waals surface area contributed by atoms with Crippen LogP contribution in [0.3, 0.4) is 0 Å². The number of hydrogen-bond acceptors (Lipinski definition) is 2. The third-order valence-corrected chi connectivity index (χ3v) is 2.44. The highest BCUT2D eigenvalue weighted by atomic mass is 16.1. The maximum atomic E-state index is 10.8. The van der Waals surface area contributed by atoms with Gasteiger partial charge in [-0.05, 0) is 26.9 Å². The average molecular weight is 142 g/mol. The average Bonchev–Trinajstić information content (AvgIpc) is 2.14. The van der Waals surface area contributed by atoms with Gasteiger partial charge in [0.25, 0.3) is 0 Å². The van der Waals surface area contributed by atoms with Crippen molar-refractivity contribution in [3.8, 4) is 0 Å². The van der Waals surface area contributed by atoms with Gasteiger partial charge < -0.3 is 10.6 Å². The third-order valence-electron chi connectivity index (χ3n) is 2.44. The number of amides is 1. The second-order valence-electron chi connectivity index (χ2n) is 3.02. The normalized spacial score (nSPS) is 34.6. The summed E-state index contributed by atoms with van der Waals surface area (Å²) in [5.41, 5.74) is 5.18. The summed E-state index contributed by atoms with van der Waals surface area (Å²) < 4.78 is 0. The molecule has 0 radical (unpaired) electrons. The lowest BCUT2D eigenvalue weighted by Crippen LogP contribution is -2.33. The van der Waals surface area contributed by atoms with Crippen LogP contribution in [-0.2, 0) is 4.79 Å². The predicted octanol–water partition coefficient (Wildman–Crippen LogP) is -0.188. The van der Waals surface area contributed by atoms with Gasteiger partial charge in [0.1, 0.15) is 0 Å². The molecule has 0 spiro atoms. The molecule has 0 aromatic rings. The summed E-state index contributed by atoms with van der Waals surface area (Å²) in [5.74, 6) is -0.0816. The van der Waals surface area contributed by atoms with Crippen LogP contribution in [0.1, 0.15) is 13.3 Å². The number of carbonyl (C=O) groups is 1. The van der Waals surface area contributed by atoms with Gasteiger partial charge >= 0.3 is 0 Å². The van der Waals surface area contributed by atoms with E-state index < -0.39 is 0 Å². The van der Waals surface area contributed by atoms with E-state index in [0.29, 0.717) is 6.04 Å². The number of likely N-dealkylation sites (tertiary alicyclic amines) is 1. The molecule has 0 aromatic heterocycles. The van der Waals surface area contributed by atoms with Gasteiger partial charge in [0, 0.05) is 6.04 Å². The molecule has 1 aliphatic heterocycles. The minimum atomic E-state index is -0.156. The van der Waals surface area contributed by atoms with Gasteiger partial charge in [0.15, 0.2) is 0 Å². The Morgan fingerprint density at radius 1 is 1.70 bits per heavy atom. The molecule has 1 saturated heterocycles. The van der Waals surface area contributed by atoms with Crippen molar-refractivity contribution in [3.63, 3.8) is 0 Å². The van der Waals surface area contributed by atoms with Crippen LogP contribution in [0.2, 0.25) is 0 Å². The van der Waals surface area contributed by atoms with Crippen molar-refractivity contribution < 1.29 is 4.79 Å². The van der Waals surface area contributed by atoms with Crippen molar-refractivity contribution in [1.29, 1.82) is 0 Å². The topological polar surface area (TPSA) is 46.3 Å². The first-order chi connectivity index (χ1) is 4.63. The van der Waals surface area contributed by atoms with Crippen LogP contribution >= 0.6 is 0 Å². The molecular formula is C7H14N2O. The zero-order chi connectivity index (χ0) is 7.72. The number of rotatable bonds is 1. The molecule has 0 bridgehead atoms. The van der Waals surface area contributed by atoms with Crippen molar-refractivity contribution >= 4 is 5.91 Å². The standard InChI is InChI=1S/C7H14N2O/c1-5-6(7(8)10)3-4-9(5)2/h5-6H,3-4H2,1-2H3,(H2,8,10). The van der Waals surface area contributed by atoms with Gasteiger partial charge in [0.05, 0.1) is 5.92 Å². The Morgan fingerprint density at radius 2 is 2.30 bits per heavy atom. The second-order valence-corrected chi connectivity index (χ2v) is 3.02. The Bertz CT molecular complexity index is 147. The number of nitrogens with two attached hydrogens (primary N) is 1. The van der Waals surface area contributed by atoms with Crippen LogP contribution in [0.15, 0.2) is 0 Å². The highest BCUT2D eigenvalue weighted by Gasteiger charge is 2.31. The number of carbonyl (C=O) groups excluding carboxylic acids is 1. The summed E-state index contributed by atoms with van der Waals surface area (Å²) in [4.78, 5) is 12.9. The van der Waals surface area contributed by atoms with Crippen molar-refractivity contribution in [2.75, 3.05) is 13.6 Å². The minimum Gasteiger partial charge on any atom is -0.369 e. The lowest BCUT2D eigenvalue weighted by atomic mass is 10.0. The largest absolute Gasteiger partial charge is 0.369 e. The van der Waals surface area contributed by atoms with E-state index in [-0.39, 0.29) is 11.8 Å². The molecule has 3 nitrogen and oxygen atoms in total. The summed E-state index contributed by atoms with van der Waals surface area (Å²) in [7, 11) is 2.02. The van der Waals surface area contributed by atoms with E-state index >= 15 is 0 Å². The molecule has 3 heteroatoms. The van der Waals surface area contributed by atoms with Crippen molar-refractivity contribution in [2.45, 2.75) is 19.4 Å². The van der Waals surface area contributed by atoms with Crippen LogP contribution in [0.25, 0.3) is 0 Å². The molecule has 0 aromatic carbocycles. The van der Waals surface area contributed by atoms with Gasteiger partial charge in [-0.25, -0.2) is 0 Å².